The van der Waals surface area contributed by atoms with Gasteiger partial charge in [-0.3, -0.25) is 4.79 Å². The largest absolute Gasteiger partial charge is 0.493 e. The van der Waals surface area contributed by atoms with Crippen LogP contribution in [0.1, 0.15) is 24.0 Å². The van der Waals surface area contributed by atoms with E-state index in [4.69, 9.17) is 9.47 Å². The highest BCUT2D eigenvalue weighted by Crippen LogP contribution is 2.35. The molecule has 1 heterocycles. The normalized spacial score (nSPS) is 14.5. The molecule has 0 unspecified atom stereocenters. The van der Waals surface area contributed by atoms with E-state index in [9.17, 15) is 26.4 Å². The molecule has 33 heavy (non-hydrogen) atoms. The Morgan fingerprint density at radius 2 is 1.79 bits per heavy atom. The number of rotatable bonds is 8. The van der Waals surface area contributed by atoms with Crippen LogP contribution in [0.25, 0.3) is 0 Å². The SMILES string of the molecule is COc1ccc(CCNC(=O)CCC2=NS(=O)(=O)c3ccc(C(F)(F)F)cc3N2)cc1OC. The molecule has 2 N–H and O–H groups in total. The zero-order valence-electron chi connectivity index (χ0n) is 17.8. The Morgan fingerprint density at radius 1 is 1.06 bits per heavy atom. The standard InChI is InChI=1S/C21H22F3N3O5S/c1-31-16-5-3-13(11-17(16)32-2)9-10-25-20(28)8-7-19-26-15-12-14(21(22,23)24)4-6-18(15)33(29,30)27-19/h3-6,11-12H,7-10H2,1-2H3,(H,25,28)(H,26,27). The summed E-state index contributed by atoms with van der Waals surface area (Å²) in [4.78, 5) is 11.8. The average molecular weight is 485 g/mol. The average Bonchev–Trinajstić information content (AvgIpc) is 2.76. The van der Waals surface area contributed by atoms with Crippen LogP contribution < -0.4 is 20.1 Å². The van der Waals surface area contributed by atoms with E-state index in [1.165, 1.54) is 14.2 Å². The van der Waals surface area contributed by atoms with Crippen molar-refractivity contribution in [2.75, 3.05) is 26.1 Å². The maximum atomic E-state index is 12.9. The lowest BCUT2D eigenvalue weighted by molar-refractivity contribution is -0.137. The van der Waals surface area contributed by atoms with E-state index in [1.54, 1.807) is 12.1 Å². The first kappa shape index (κ1) is 24.4. The molecule has 3 rings (SSSR count). The number of anilines is 1. The maximum absolute atomic E-state index is 12.9. The van der Waals surface area contributed by atoms with E-state index in [0.717, 1.165) is 11.6 Å². The molecule has 2 aromatic carbocycles. The van der Waals surface area contributed by atoms with E-state index in [1.807, 2.05) is 6.07 Å². The minimum absolute atomic E-state index is 0.0862. The monoisotopic (exact) mass is 485 g/mol. The molecule has 0 fully saturated rings. The van der Waals surface area contributed by atoms with E-state index < -0.39 is 21.8 Å². The molecule has 8 nitrogen and oxygen atoms in total. The molecule has 0 atom stereocenters. The molecule has 0 saturated carbocycles. The topological polar surface area (TPSA) is 106 Å². The first-order valence-corrected chi connectivity index (χ1v) is 11.3. The lowest BCUT2D eigenvalue weighted by Crippen LogP contribution is -2.28. The zero-order chi connectivity index (χ0) is 24.2. The van der Waals surface area contributed by atoms with Gasteiger partial charge in [0.25, 0.3) is 10.0 Å². The number of hydrogen-bond acceptors (Lipinski definition) is 6. The molecular weight excluding hydrogens is 463 g/mol. The number of fused-ring (bicyclic) bond motifs is 1. The summed E-state index contributed by atoms with van der Waals surface area (Å²) in [5.74, 6) is 0.701. The maximum Gasteiger partial charge on any atom is 0.416 e. The predicted molar refractivity (Wildman–Crippen MR) is 115 cm³/mol. The van der Waals surface area contributed by atoms with Crippen molar-refractivity contribution in [1.82, 2.24) is 5.32 Å². The van der Waals surface area contributed by atoms with Crippen LogP contribution in [0, 0.1) is 0 Å². The van der Waals surface area contributed by atoms with Gasteiger partial charge in [-0.15, -0.1) is 4.40 Å². The van der Waals surface area contributed by atoms with Crippen LogP contribution in [0.5, 0.6) is 11.5 Å². The fourth-order valence-electron chi connectivity index (χ4n) is 3.21. The van der Waals surface area contributed by atoms with Gasteiger partial charge in [-0.2, -0.15) is 21.6 Å². The number of benzene rings is 2. The summed E-state index contributed by atoms with van der Waals surface area (Å²) in [7, 11) is -1.11. The number of nitrogens with one attached hydrogen (secondary N) is 2. The van der Waals surface area contributed by atoms with E-state index in [-0.39, 0.29) is 35.2 Å². The summed E-state index contributed by atoms with van der Waals surface area (Å²) >= 11 is 0. The lowest BCUT2D eigenvalue weighted by Gasteiger charge is -2.19. The molecule has 0 saturated heterocycles. The van der Waals surface area contributed by atoms with Crippen molar-refractivity contribution >= 4 is 27.5 Å². The fourth-order valence-corrected chi connectivity index (χ4v) is 4.37. The van der Waals surface area contributed by atoms with Gasteiger partial charge < -0.3 is 20.1 Å². The van der Waals surface area contributed by atoms with Crippen LogP contribution in [0.3, 0.4) is 0 Å². The van der Waals surface area contributed by atoms with Crippen LogP contribution in [-0.2, 0) is 27.4 Å². The van der Waals surface area contributed by atoms with Crippen molar-refractivity contribution in [2.24, 2.45) is 4.40 Å². The van der Waals surface area contributed by atoms with Crippen molar-refractivity contribution in [2.45, 2.75) is 30.3 Å². The van der Waals surface area contributed by atoms with Crippen LogP contribution in [0.4, 0.5) is 18.9 Å². The van der Waals surface area contributed by atoms with Gasteiger partial charge in [-0.05, 0) is 42.3 Å². The highest BCUT2D eigenvalue weighted by atomic mass is 32.2. The van der Waals surface area contributed by atoms with Gasteiger partial charge in [0.15, 0.2) is 11.5 Å². The first-order chi connectivity index (χ1) is 15.5. The Kier molecular flexibility index (Phi) is 7.15. The van der Waals surface area contributed by atoms with Crippen molar-refractivity contribution < 1.29 is 35.9 Å². The number of nitrogens with zero attached hydrogens (tertiary/aromatic N) is 1. The van der Waals surface area contributed by atoms with Crippen LogP contribution in [0.2, 0.25) is 0 Å². The third-order valence-electron chi connectivity index (χ3n) is 4.87. The Bertz CT molecular complexity index is 1180. The number of methoxy groups -OCH3 is 2. The van der Waals surface area contributed by atoms with Gasteiger partial charge in [0, 0.05) is 19.4 Å². The van der Waals surface area contributed by atoms with Crippen molar-refractivity contribution in [3.63, 3.8) is 0 Å². The summed E-state index contributed by atoms with van der Waals surface area (Å²) < 4.78 is 77.4. The minimum atomic E-state index is -4.62. The number of carbonyl (C=O) groups is 1. The van der Waals surface area contributed by atoms with E-state index in [0.29, 0.717) is 36.6 Å². The van der Waals surface area contributed by atoms with E-state index >= 15 is 0 Å². The second kappa shape index (κ2) is 9.69. The molecule has 1 amide bonds. The zero-order valence-corrected chi connectivity index (χ0v) is 18.6. The number of hydrogen-bond donors (Lipinski definition) is 2. The number of carbonyl (C=O) groups excluding carboxylic acids is 1. The van der Waals surface area contributed by atoms with Crippen LogP contribution in [0.15, 0.2) is 45.7 Å². The number of amides is 1. The summed E-state index contributed by atoms with van der Waals surface area (Å²) in [6.45, 7) is 0.324. The summed E-state index contributed by atoms with van der Waals surface area (Å²) in [6.07, 6.45) is -4.28. The highest BCUT2D eigenvalue weighted by Gasteiger charge is 2.33. The van der Waals surface area contributed by atoms with Gasteiger partial charge in [-0.1, -0.05) is 6.07 Å². The molecule has 178 valence electrons. The molecule has 0 bridgehead atoms. The summed E-state index contributed by atoms with van der Waals surface area (Å²) in [6, 6.07) is 7.65. The molecule has 0 spiro atoms. The predicted octanol–water partition coefficient (Wildman–Crippen LogP) is 3.37. The van der Waals surface area contributed by atoms with Crippen LogP contribution in [-0.4, -0.2) is 40.9 Å². The molecule has 0 radical (unpaired) electrons. The quantitative estimate of drug-likeness (QED) is 0.594. The number of amidine groups is 1. The smallest absolute Gasteiger partial charge is 0.416 e. The Morgan fingerprint density at radius 3 is 2.45 bits per heavy atom. The molecule has 2 aromatic rings. The molecule has 1 aliphatic rings. The highest BCUT2D eigenvalue weighted by molar-refractivity contribution is 7.90. The number of sulfonamides is 1. The summed E-state index contributed by atoms with van der Waals surface area (Å²) in [5.41, 5.74) is -0.295. The second-order valence-corrected chi connectivity index (χ2v) is 8.71. The molecule has 0 aliphatic carbocycles. The number of alkyl halides is 3. The van der Waals surface area contributed by atoms with Gasteiger partial charge in [0.05, 0.1) is 25.5 Å². The van der Waals surface area contributed by atoms with E-state index in [2.05, 4.69) is 15.0 Å². The molecule has 12 heteroatoms. The Balaban J connectivity index is 1.56. The second-order valence-electron chi connectivity index (χ2n) is 7.14. The lowest BCUT2D eigenvalue weighted by atomic mass is 10.1. The van der Waals surface area contributed by atoms with Gasteiger partial charge >= 0.3 is 6.18 Å². The first-order valence-electron chi connectivity index (χ1n) is 9.83. The molecule has 1 aliphatic heterocycles. The van der Waals surface area contributed by atoms with Gasteiger partial charge in [-0.25, -0.2) is 0 Å². The van der Waals surface area contributed by atoms with Crippen molar-refractivity contribution in [3.05, 3.63) is 47.5 Å². The van der Waals surface area contributed by atoms with Gasteiger partial charge in [0.2, 0.25) is 5.91 Å². The Hall–Kier alpha value is -3.28. The fraction of sp³-hybridized carbons (Fsp3) is 0.333. The molecule has 0 aromatic heterocycles. The number of halogens is 3. The van der Waals surface area contributed by atoms with Gasteiger partial charge in [0.1, 0.15) is 10.7 Å². The third-order valence-corrected chi connectivity index (χ3v) is 6.24. The number of ether oxygens (including phenoxy) is 2. The Labute approximate surface area is 188 Å². The third kappa shape index (κ3) is 5.95. The molecular formula is C21H22F3N3O5S. The minimum Gasteiger partial charge on any atom is -0.493 e. The van der Waals surface area contributed by atoms with Crippen LogP contribution >= 0.6 is 0 Å². The van der Waals surface area contributed by atoms with Crippen molar-refractivity contribution in [1.29, 1.82) is 0 Å². The van der Waals surface area contributed by atoms with Crippen molar-refractivity contribution in [3.8, 4) is 11.5 Å². The summed E-state index contributed by atoms with van der Waals surface area (Å²) in [5, 5.41) is 5.30.